The molecular weight excluding hydrogens is 663 g/mol. The highest BCUT2D eigenvalue weighted by Crippen LogP contribution is 2.36. The molecule has 0 aliphatic carbocycles. The summed E-state index contributed by atoms with van der Waals surface area (Å²) in [5.41, 5.74) is 3.14. The van der Waals surface area contributed by atoms with Gasteiger partial charge in [0.2, 0.25) is 0 Å². The summed E-state index contributed by atoms with van der Waals surface area (Å²) in [6, 6.07) is 27.8. The predicted octanol–water partition coefficient (Wildman–Crippen LogP) is 6.15. The van der Waals surface area contributed by atoms with Gasteiger partial charge in [-0.25, -0.2) is 9.79 Å². The monoisotopic (exact) mass is 693 g/mol. The van der Waals surface area contributed by atoms with Crippen molar-refractivity contribution in [3.8, 4) is 11.5 Å². The third-order valence-corrected chi connectivity index (χ3v) is 9.58. The number of carbonyl (C=O) groups is 1. The quantitative estimate of drug-likeness (QED) is 0.0699. The predicted molar refractivity (Wildman–Crippen MR) is 190 cm³/mol. The van der Waals surface area contributed by atoms with E-state index in [9.17, 15) is 19.7 Å². The van der Waals surface area contributed by atoms with Gasteiger partial charge in [0.15, 0.2) is 16.3 Å². The molecule has 0 bridgehead atoms. The molecular formula is C37H31N3O7S2. The summed E-state index contributed by atoms with van der Waals surface area (Å²) in [7, 11) is 1.52. The first-order valence-electron chi connectivity index (χ1n) is 15.3. The van der Waals surface area contributed by atoms with Gasteiger partial charge in [0.1, 0.15) is 6.61 Å². The van der Waals surface area contributed by atoms with Gasteiger partial charge in [-0.3, -0.25) is 19.5 Å². The maximum Gasteiger partial charge on any atom is 0.338 e. The van der Waals surface area contributed by atoms with Crippen molar-refractivity contribution in [3.05, 3.63) is 155 Å². The van der Waals surface area contributed by atoms with E-state index in [1.165, 1.54) is 30.6 Å². The Bertz CT molecular complexity index is 2230. The molecule has 0 fully saturated rings. The van der Waals surface area contributed by atoms with Crippen LogP contribution in [0.4, 0.5) is 5.69 Å². The summed E-state index contributed by atoms with van der Waals surface area (Å²) in [5.74, 6) is 0.301. The Hall–Kier alpha value is -5.46. The molecule has 0 radical (unpaired) electrons. The first kappa shape index (κ1) is 33.4. The highest BCUT2D eigenvalue weighted by atomic mass is 32.2. The third-order valence-electron chi connectivity index (χ3n) is 7.85. The molecule has 4 aromatic carbocycles. The Kier molecular flexibility index (Phi) is 10.1. The van der Waals surface area contributed by atoms with Crippen molar-refractivity contribution in [2.75, 3.05) is 20.0 Å². The Morgan fingerprint density at radius 1 is 1.02 bits per heavy atom. The number of methoxy groups -OCH3 is 1. The van der Waals surface area contributed by atoms with Crippen LogP contribution in [-0.4, -0.2) is 35.4 Å². The van der Waals surface area contributed by atoms with E-state index in [2.05, 4.69) is 0 Å². The normalized spacial score (nSPS) is 14.2. The second kappa shape index (κ2) is 14.8. The van der Waals surface area contributed by atoms with Crippen molar-refractivity contribution >= 4 is 46.5 Å². The summed E-state index contributed by atoms with van der Waals surface area (Å²) in [4.78, 5) is 45.2. The first-order chi connectivity index (χ1) is 23.8. The lowest BCUT2D eigenvalue weighted by Gasteiger charge is -2.26. The highest BCUT2D eigenvalue weighted by molar-refractivity contribution is 7.98. The topological polar surface area (TPSA) is 122 Å². The molecule has 2 heterocycles. The molecule has 1 atom stereocenters. The molecule has 6 rings (SSSR count). The number of thioether (sulfide) groups is 1. The molecule has 0 N–H and O–H groups in total. The minimum Gasteiger partial charge on any atom is -0.493 e. The average molecular weight is 694 g/mol. The van der Waals surface area contributed by atoms with Crippen molar-refractivity contribution in [3.63, 3.8) is 0 Å². The number of thiazole rings is 1. The number of fused-ring (bicyclic) bond motifs is 1. The van der Waals surface area contributed by atoms with E-state index in [1.54, 1.807) is 53.6 Å². The van der Waals surface area contributed by atoms with E-state index < -0.39 is 16.9 Å². The maximum absolute atomic E-state index is 14.4. The zero-order valence-corrected chi connectivity index (χ0v) is 28.5. The fraction of sp³-hybridized carbons (Fsp3) is 0.162. The minimum absolute atomic E-state index is 0.0165. The number of rotatable bonds is 11. The van der Waals surface area contributed by atoms with Gasteiger partial charge < -0.3 is 14.2 Å². The van der Waals surface area contributed by atoms with Crippen LogP contribution in [0.3, 0.4) is 0 Å². The van der Waals surface area contributed by atoms with Crippen molar-refractivity contribution in [1.82, 2.24) is 4.57 Å². The number of esters is 1. The fourth-order valence-electron chi connectivity index (χ4n) is 5.51. The molecule has 49 heavy (non-hydrogen) atoms. The molecule has 0 amide bonds. The molecule has 0 spiro atoms. The number of hydrogen-bond acceptors (Lipinski definition) is 10. The van der Waals surface area contributed by atoms with E-state index in [-0.39, 0.29) is 30.0 Å². The fourth-order valence-corrected chi connectivity index (χ4v) is 6.91. The van der Waals surface area contributed by atoms with E-state index in [4.69, 9.17) is 19.2 Å². The van der Waals surface area contributed by atoms with E-state index >= 15 is 0 Å². The van der Waals surface area contributed by atoms with Gasteiger partial charge >= 0.3 is 5.97 Å². The molecule has 1 aliphatic rings. The SMILES string of the molecule is CCOC(=O)C1=C(c2ccccc2)N=c2s/c(=C\c3cccc(OC)c3OCc3ccc([N+](=O)[O-])cc3)c(=O)n2[C@@H]1c1ccc(SC)cc1. The van der Waals surface area contributed by atoms with Gasteiger partial charge in [-0.2, -0.15) is 0 Å². The van der Waals surface area contributed by atoms with Crippen molar-refractivity contribution in [1.29, 1.82) is 0 Å². The van der Waals surface area contributed by atoms with Crippen LogP contribution in [0.2, 0.25) is 0 Å². The van der Waals surface area contributed by atoms with Gasteiger partial charge in [0.25, 0.3) is 11.2 Å². The van der Waals surface area contributed by atoms with Crippen molar-refractivity contribution in [2.45, 2.75) is 24.5 Å². The van der Waals surface area contributed by atoms with Gasteiger partial charge in [0, 0.05) is 28.2 Å². The second-order valence-electron chi connectivity index (χ2n) is 10.8. The number of ether oxygens (including phenoxy) is 3. The minimum atomic E-state index is -0.799. The Balaban J connectivity index is 1.51. The van der Waals surface area contributed by atoms with Crippen LogP contribution in [0.25, 0.3) is 11.8 Å². The van der Waals surface area contributed by atoms with Crippen LogP contribution in [-0.2, 0) is 16.1 Å². The molecule has 10 nitrogen and oxygen atoms in total. The van der Waals surface area contributed by atoms with Crippen LogP contribution in [0, 0.1) is 10.1 Å². The molecule has 0 saturated carbocycles. The van der Waals surface area contributed by atoms with Crippen LogP contribution >= 0.6 is 23.1 Å². The van der Waals surface area contributed by atoms with Crippen molar-refractivity contribution in [2.24, 2.45) is 4.99 Å². The Morgan fingerprint density at radius 2 is 1.76 bits per heavy atom. The summed E-state index contributed by atoms with van der Waals surface area (Å²) in [5, 5.41) is 11.1. The summed E-state index contributed by atoms with van der Waals surface area (Å²) in [6.45, 7) is 2.01. The average Bonchev–Trinajstić information content (AvgIpc) is 3.44. The summed E-state index contributed by atoms with van der Waals surface area (Å²) in [6.07, 6.45) is 3.71. The van der Waals surface area contributed by atoms with Gasteiger partial charge in [-0.15, -0.1) is 11.8 Å². The lowest BCUT2D eigenvalue weighted by atomic mass is 9.93. The third kappa shape index (κ3) is 6.92. The number of benzene rings is 4. The summed E-state index contributed by atoms with van der Waals surface area (Å²) >= 11 is 2.80. The number of hydrogen-bond donors (Lipinski definition) is 0. The zero-order chi connectivity index (χ0) is 34.5. The molecule has 12 heteroatoms. The number of nitro groups is 1. The van der Waals surface area contributed by atoms with Gasteiger partial charge in [-0.1, -0.05) is 65.9 Å². The maximum atomic E-state index is 14.4. The largest absolute Gasteiger partial charge is 0.493 e. The van der Waals surface area contributed by atoms with Crippen LogP contribution < -0.4 is 24.4 Å². The van der Waals surface area contributed by atoms with Crippen LogP contribution in [0.1, 0.15) is 35.2 Å². The zero-order valence-electron chi connectivity index (χ0n) is 26.8. The second-order valence-corrected chi connectivity index (χ2v) is 12.7. The molecule has 1 aromatic heterocycles. The molecule has 0 saturated heterocycles. The van der Waals surface area contributed by atoms with E-state index in [1.807, 2.05) is 66.9 Å². The number of non-ortho nitro benzene ring substituents is 1. The van der Waals surface area contributed by atoms with Crippen molar-refractivity contribution < 1.29 is 23.9 Å². The van der Waals surface area contributed by atoms with E-state index in [0.29, 0.717) is 37.7 Å². The Labute approximate surface area is 289 Å². The highest BCUT2D eigenvalue weighted by Gasteiger charge is 2.35. The number of carbonyl (C=O) groups excluding carboxylic acids is 1. The van der Waals surface area contributed by atoms with Gasteiger partial charge in [0.05, 0.1) is 40.5 Å². The van der Waals surface area contributed by atoms with Crippen LogP contribution in [0.15, 0.2) is 117 Å². The lowest BCUT2D eigenvalue weighted by Crippen LogP contribution is -2.40. The van der Waals surface area contributed by atoms with E-state index in [0.717, 1.165) is 16.0 Å². The number of nitro benzene ring substituents is 1. The number of para-hydroxylation sites is 1. The standard InChI is InChI=1S/C37H31N3O7S2/c1-4-46-36(42)31-32(24-9-6-5-7-10-24)38-37-39(33(31)25-15-19-28(48-3)20-16-25)35(41)30(49-37)21-26-11-8-12-29(45-2)34(26)47-22-23-13-17-27(18-14-23)40(43)44/h5-21,33H,4,22H2,1-3H3/b30-21-/t33-/m1/s1. The first-order valence-corrected chi connectivity index (χ1v) is 17.3. The number of nitrogens with zero attached hydrogens (tertiary/aromatic N) is 3. The van der Waals surface area contributed by atoms with Crippen LogP contribution in [0.5, 0.6) is 11.5 Å². The lowest BCUT2D eigenvalue weighted by molar-refractivity contribution is -0.384. The number of aromatic nitrogens is 1. The Morgan fingerprint density at radius 3 is 2.41 bits per heavy atom. The molecule has 1 aliphatic heterocycles. The molecule has 248 valence electrons. The smallest absolute Gasteiger partial charge is 0.338 e. The molecule has 0 unspecified atom stereocenters. The summed E-state index contributed by atoms with van der Waals surface area (Å²) < 4.78 is 19.3. The van der Waals surface area contributed by atoms with Gasteiger partial charge in [-0.05, 0) is 60.7 Å². The molecule has 5 aromatic rings.